The third-order valence-electron chi connectivity index (χ3n) is 3.74. The van der Waals surface area contributed by atoms with Gasteiger partial charge in [-0.3, -0.25) is 19.2 Å². The lowest BCUT2D eigenvalue weighted by molar-refractivity contribution is -0.159. The molecule has 2 N–H and O–H groups in total. The predicted molar refractivity (Wildman–Crippen MR) is 94.9 cm³/mol. The number of carbonyl (C=O) groups excluding carboxylic acids is 5. The molecule has 10 nitrogen and oxygen atoms in total. The fourth-order valence-corrected chi connectivity index (χ4v) is 2.28. The molecule has 0 bridgehead atoms. The topological polar surface area (TPSA) is 137 Å². The Morgan fingerprint density at radius 3 is 2.04 bits per heavy atom. The molecule has 0 aliphatic carbocycles. The number of ether oxygens (including phenoxy) is 3. The van der Waals surface area contributed by atoms with Crippen molar-refractivity contribution >= 4 is 29.7 Å². The second kappa shape index (κ2) is 11.3. The van der Waals surface area contributed by atoms with Gasteiger partial charge in [-0.2, -0.15) is 0 Å². The summed E-state index contributed by atoms with van der Waals surface area (Å²) in [7, 11) is 3.25. The summed E-state index contributed by atoms with van der Waals surface area (Å²) in [6.45, 7) is -0.465. The highest BCUT2D eigenvalue weighted by Crippen LogP contribution is 2.14. The summed E-state index contributed by atoms with van der Waals surface area (Å²) in [5.74, 6) is -5.27. The van der Waals surface area contributed by atoms with Gasteiger partial charge >= 0.3 is 17.9 Å². The number of hydrogen-bond acceptors (Lipinski definition) is 8. The van der Waals surface area contributed by atoms with Crippen molar-refractivity contribution in [2.75, 3.05) is 27.9 Å². The van der Waals surface area contributed by atoms with Gasteiger partial charge in [0, 0.05) is 5.56 Å². The molecule has 152 valence electrons. The van der Waals surface area contributed by atoms with E-state index >= 15 is 0 Å². The highest BCUT2D eigenvalue weighted by molar-refractivity contribution is 5.97. The molecule has 0 aliphatic heterocycles. The zero-order chi connectivity index (χ0) is 21.1. The predicted octanol–water partition coefficient (Wildman–Crippen LogP) is -0.573. The van der Waals surface area contributed by atoms with E-state index in [0.717, 1.165) is 21.3 Å². The SMILES string of the molecule is COC(=O)C[C@@H](C(=O)OC)[C@@H](NC(=O)CNC(=O)c1ccccc1)C(=O)OC. The molecule has 0 fully saturated rings. The van der Waals surface area contributed by atoms with Crippen LogP contribution in [0.4, 0.5) is 0 Å². The molecule has 0 spiro atoms. The van der Waals surface area contributed by atoms with Gasteiger partial charge in [0.25, 0.3) is 5.91 Å². The fraction of sp³-hybridized carbons (Fsp3) is 0.389. The van der Waals surface area contributed by atoms with E-state index in [-0.39, 0.29) is 0 Å². The van der Waals surface area contributed by atoms with Gasteiger partial charge < -0.3 is 24.8 Å². The number of methoxy groups -OCH3 is 3. The van der Waals surface area contributed by atoms with Crippen molar-refractivity contribution in [3.8, 4) is 0 Å². The summed E-state index contributed by atoms with van der Waals surface area (Å²) in [4.78, 5) is 59.8. The van der Waals surface area contributed by atoms with Gasteiger partial charge in [-0.1, -0.05) is 18.2 Å². The maximum Gasteiger partial charge on any atom is 0.329 e. The second-order valence-electron chi connectivity index (χ2n) is 5.53. The van der Waals surface area contributed by atoms with Crippen LogP contribution in [-0.4, -0.2) is 63.6 Å². The Kier molecular flexibility index (Phi) is 9.14. The first kappa shape index (κ1) is 22.6. The van der Waals surface area contributed by atoms with Crippen molar-refractivity contribution < 1.29 is 38.2 Å². The summed E-state index contributed by atoms with van der Waals surface area (Å²) in [6, 6.07) is 6.69. The van der Waals surface area contributed by atoms with E-state index in [1.165, 1.54) is 0 Å². The Hall–Kier alpha value is -3.43. The Morgan fingerprint density at radius 1 is 0.893 bits per heavy atom. The maximum absolute atomic E-state index is 12.2. The highest BCUT2D eigenvalue weighted by atomic mass is 16.5. The Labute approximate surface area is 161 Å². The Bertz CT molecular complexity index is 720. The zero-order valence-electron chi connectivity index (χ0n) is 15.7. The van der Waals surface area contributed by atoms with E-state index in [0.29, 0.717) is 5.56 Å². The molecule has 0 aromatic heterocycles. The van der Waals surface area contributed by atoms with Gasteiger partial charge in [0.1, 0.15) is 6.04 Å². The first-order valence-corrected chi connectivity index (χ1v) is 8.19. The van der Waals surface area contributed by atoms with Crippen molar-refractivity contribution in [3.05, 3.63) is 35.9 Å². The maximum atomic E-state index is 12.2. The van der Waals surface area contributed by atoms with Crippen LogP contribution in [0, 0.1) is 5.92 Å². The molecule has 1 aromatic carbocycles. The van der Waals surface area contributed by atoms with Gasteiger partial charge in [-0.25, -0.2) is 4.79 Å². The van der Waals surface area contributed by atoms with Crippen molar-refractivity contribution in [3.63, 3.8) is 0 Å². The third kappa shape index (κ3) is 6.71. The van der Waals surface area contributed by atoms with Crippen LogP contribution in [0.3, 0.4) is 0 Å². The van der Waals surface area contributed by atoms with Crippen molar-refractivity contribution in [2.45, 2.75) is 12.5 Å². The molecule has 1 rings (SSSR count). The van der Waals surface area contributed by atoms with Crippen LogP contribution in [0.25, 0.3) is 0 Å². The molecule has 0 unspecified atom stereocenters. The number of esters is 3. The molecular weight excluding hydrogens is 372 g/mol. The van der Waals surface area contributed by atoms with E-state index in [2.05, 4.69) is 24.8 Å². The van der Waals surface area contributed by atoms with Crippen molar-refractivity contribution in [1.82, 2.24) is 10.6 Å². The number of rotatable bonds is 9. The number of nitrogens with one attached hydrogen (secondary N) is 2. The third-order valence-corrected chi connectivity index (χ3v) is 3.74. The monoisotopic (exact) mass is 394 g/mol. The van der Waals surface area contributed by atoms with Gasteiger partial charge in [0.15, 0.2) is 0 Å². The van der Waals surface area contributed by atoms with E-state index in [1.807, 2.05) is 0 Å². The zero-order valence-corrected chi connectivity index (χ0v) is 15.7. The quantitative estimate of drug-likeness (QED) is 0.419. The van der Waals surface area contributed by atoms with Gasteiger partial charge in [0.05, 0.1) is 40.2 Å². The Balaban J connectivity index is 2.84. The van der Waals surface area contributed by atoms with Crippen LogP contribution < -0.4 is 10.6 Å². The van der Waals surface area contributed by atoms with Crippen LogP contribution in [0.2, 0.25) is 0 Å². The van der Waals surface area contributed by atoms with Crippen LogP contribution in [0.5, 0.6) is 0 Å². The van der Waals surface area contributed by atoms with Crippen LogP contribution in [0.15, 0.2) is 30.3 Å². The molecule has 0 heterocycles. The molecular formula is C18H22N2O8. The summed E-state index contributed by atoms with van der Waals surface area (Å²) in [6.07, 6.45) is -0.514. The summed E-state index contributed by atoms with van der Waals surface area (Å²) >= 11 is 0. The fourth-order valence-electron chi connectivity index (χ4n) is 2.28. The molecule has 1 aromatic rings. The lowest BCUT2D eigenvalue weighted by Gasteiger charge is -2.23. The minimum Gasteiger partial charge on any atom is -0.469 e. The van der Waals surface area contributed by atoms with Crippen molar-refractivity contribution in [1.29, 1.82) is 0 Å². The van der Waals surface area contributed by atoms with Crippen LogP contribution in [0.1, 0.15) is 16.8 Å². The highest BCUT2D eigenvalue weighted by Gasteiger charge is 2.38. The largest absolute Gasteiger partial charge is 0.469 e. The number of hydrogen-bond donors (Lipinski definition) is 2. The van der Waals surface area contributed by atoms with Crippen LogP contribution in [-0.2, 0) is 33.4 Å². The molecule has 0 saturated carbocycles. The van der Waals surface area contributed by atoms with Gasteiger partial charge in [-0.05, 0) is 12.1 Å². The van der Waals surface area contributed by atoms with E-state index < -0.39 is 54.6 Å². The molecule has 0 saturated heterocycles. The molecule has 0 aliphatic rings. The first-order chi connectivity index (χ1) is 13.3. The van der Waals surface area contributed by atoms with Crippen molar-refractivity contribution in [2.24, 2.45) is 5.92 Å². The summed E-state index contributed by atoms with van der Waals surface area (Å²) in [5.41, 5.74) is 0.345. The van der Waals surface area contributed by atoms with Gasteiger partial charge in [-0.15, -0.1) is 0 Å². The minimum atomic E-state index is -1.50. The molecule has 0 radical (unpaired) electrons. The van der Waals surface area contributed by atoms with E-state index in [4.69, 9.17) is 0 Å². The normalized spacial score (nSPS) is 12.1. The van der Waals surface area contributed by atoms with Crippen LogP contribution >= 0.6 is 0 Å². The summed E-state index contributed by atoms with van der Waals surface area (Å²) in [5, 5.41) is 4.67. The van der Waals surface area contributed by atoms with E-state index in [9.17, 15) is 24.0 Å². The Morgan fingerprint density at radius 2 is 1.50 bits per heavy atom. The minimum absolute atomic E-state index is 0.345. The average molecular weight is 394 g/mol. The molecule has 10 heteroatoms. The lowest BCUT2D eigenvalue weighted by atomic mass is 9.96. The number of benzene rings is 1. The summed E-state index contributed by atoms with van der Waals surface area (Å²) < 4.78 is 13.7. The first-order valence-electron chi connectivity index (χ1n) is 8.19. The smallest absolute Gasteiger partial charge is 0.329 e. The molecule has 2 atom stereocenters. The molecule has 2 amide bonds. The molecule has 28 heavy (non-hydrogen) atoms. The number of amides is 2. The second-order valence-corrected chi connectivity index (χ2v) is 5.53. The average Bonchev–Trinajstić information content (AvgIpc) is 2.73. The lowest BCUT2D eigenvalue weighted by Crippen LogP contribution is -2.52. The van der Waals surface area contributed by atoms with E-state index in [1.54, 1.807) is 30.3 Å². The standard InChI is InChI=1S/C18H22N2O8/c1-26-14(22)9-12(17(24)27-2)15(18(25)28-3)20-13(21)10-19-16(23)11-7-5-4-6-8-11/h4-8,12,15H,9-10H2,1-3H3,(H,19,23)(H,20,21)/t12-,15-/m1/s1. The van der Waals surface area contributed by atoms with Gasteiger partial charge in [0.2, 0.25) is 5.91 Å². The number of carbonyl (C=O) groups is 5.